The number of nitriles is 1. The third-order valence-electron chi connectivity index (χ3n) is 3.71. The van der Waals surface area contributed by atoms with E-state index in [0.29, 0.717) is 6.04 Å². The van der Waals surface area contributed by atoms with Crippen molar-refractivity contribution in [2.24, 2.45) is 0 Å². The highest BCUT2D eigenvalue weighted by Crippen LogP contribution is 2.12. The van der Waals surface area contributed by atoms with Gasteiger partial charge < -0.3 is 10.2 Å². The van der Waals surface area contributed by atoms with Crippen LogP contribution in [0.1, 0.15) is 33.1 Å². The van der Waals surface area contributed by atoms with Crippen LogP contribution in [0.15, 0.2) is 0 Å². The normalized spacial score (nSPS) is 24.4. The van der Waals surface area contributed by atoms with E-state index in [9.17, 15) is 5.26 Å². The molecule has 18 heavy (non-hydrogen) atoms. The van der Waals surface area contributed by atoms with Crippen LogP contribution in [0, 0.1) is 11.3 Å². The fourth-order valence-corrected chi connectivity index (χ4v) is 2.62. The lowest BCUT2D eigenvalue weighted by molar-refractivity contribution is 0.175. The Morgan fingerprint density at radius 1 is 1.39 bits per heavy atom. The topological polar surface area (TPSA) is 42.3 Å². The van der Waals surface area contributed by atoms with Crippen LogP contribution < -0.4 is 5.32 Å². The molecule has 0 aromatic heterocycles. The van der Waals surface area contributed by atoms with Crippen molar-refractivity contribution < 1.29 is 0 Å². The van der Waals surface area contributed by atoms with Crippen molar-refractivity contribution >= 4 is 0 Å². The smallest absolute Gasteiger partial charge is 0.108 e. The average Bonchev–Trinajstić information content (AvgIpc) is 2.55. The molecule has 0 saturated carbocycles. The maximum atomic E-state index is 9.21. The van der Waals surface area contributed by atoms with E-state index in [2.05, 4.69) is 42.1 Å². The molecule has 104 valence electrons. The first kappa shape index (κ1) is 15.4. The molecule has 1 fully saturated rings. The van der Waals surface area contributed by atoms with E-state index in [4.69, 9.17) is 0 Å². The molecule has 0 aromatic rings. The van der Waals surface area contributed by atoms with E-state index in [1.807, 2.05) is 0 Å². The number of likely N-dealkylation sites (N-methyl/N-ethyl adjacent to an activating group) is 1. The van der Waals surface area contributed by atoms with Crippen molar-refractivity contribution in [3.8, 4) is 6.07 Å². The number of nitrogens with zero attached hydrogens (tertiary/aromatic N) is 3. The molecule has 0 aliphatic carbocycles. The predicted molar refractivity (Wildman–Crippen MR) is 75.5 cm³/mol. The maximum Gasteiger partial charge on any atom is 0.108 e. The molecular formula is C14H28N4. The molecule has 0 aromatic carbocycles. The van der Waals surface area contributed by atoms with Crippen LogP contribution in [0.3, 0.4) is 0 Å². The summed E-state index contributed by atoms with van der Waals surface area (Å²) >= 11 is 0. The van der Waals surface area contributed by atoms with Crippen LogP contribution in [0.5, 0.6) is 0 Å². The molecule has 1 N–H and O–H groups in total. The van der Waals surface area contributed by atoms with Crippen LogP contribution in [0.2, 0.25) is 0 Å². The van der Waals surface area contributed by atoms with Gasteiger partial charge in [0, 0.05) is 19.1 Å². The quantitative estimate of drug-likeness (QED) is 0.773. The monoisotopic (exact) mass is 252 g/mol. The zero-order valence-electron chi connectivity index (χ0n) is 12.2. The second-order valence-electron chi connectivity index (χ2n) is 5.31. The summed E-state index contributed by atoms with van der Waals surface area (Å²) in [7, 11) is 2.20. The second-order valence-corrected chi connectivity index (χ2v) is 5.31. The van der Waals surface area contributed by atoms with Crippen molar-refractivity contribution in [2.75, 3.05) is 39.8 Å². The van der Waals surface area contributed by atoms with Gasteiger partial charge in [0.1, 0.15) is 6.04 Å². The van der Waals surface area contributed by atoms with Crippen LogP contribution >= 0.6 is 0 Å². The lowest BCUT2D eigenvalue weighted by Gasteiger charge is -2.31. The summed E-state index contributed by atoms with van der Waals surface area (Å²) in [6, 6.07) is 2.96. The first-order valence-corrected chi connectivity index (χ1v) is 7.26. The fraction of sp³-hybridized carbons (Fsp3) is 0.929. The zero-order chi connectivity index (χ0) is 13.4. The van der Waals surface area contributed by atoms with E-state index >= 15 is 0 Å². The molecule has 1 heterocycles. The van der Waals surface area contributed by atoms with E-state index in [-0.39, 0.29) is 6.04 Å². The Bertz CT molecular complexity index is 261. The number of nitrogens with one attached hydrogen (secondary N) is 1. The van der Waals surface area contributed by atoms with Crippen molar-refractivity contribution in [2.45, 2.75) is 45.2 Å². The van der Waals surface area contributed by atoms with Crippen molar-refractivity contribution in [1.29, 1.82) is 5.26 Å². The van der Waals surface area contributed by atoms with Crippen molar-refractivity contribution in [1.82, 2.24) is 15.1 Å². The Hall–Kier alpha value is -0.630. The van der Waals surface area contributed by atoms with Gasteiger partial charge in [0.05, 0.1) is 6.07 Å². The van der Waals surface area contributed by atoms with E-state index < -0.39 is 0 Å². The molecule has 0 bridgehead atoms. The van der Waals surface area contributed by atoms with Gasteiger partial charge in [-0.2, -0.15) is 5.26 Å². The standard InChI is InChI=1S/C14H28N4/c1-4-7-16-13(10-15)11-18-9-6-8-17(3)12-14(18)5-2/h13-14,16H,4-9,11-12H2,1-3H3. The van der Waals surface area contributed by atoms with Crippen molar-refractivity contribution in [3.63, 3.8) is 0 Å². The fourth-order valence-electron chi connectivity index (χ4n) is 2.62. The molecule has 1 aliphatic rings. The van der Waals surface area contributed by atoms with Crippen molar-refractivity contribution in [3.05, 3.63) is 0 Å². The highest BCUT2D eigenvalue weighted by molar-refractivity contribution is 4.94. The Kier molecular flexibility index (Phi) is 7.26. The lowest BCUT2D eigenvalue weighted by Crippen LogP contribution is -2.47. The molecule has 1 saturated heterocycles. The number of hydrogen-bond acceptors (Lipinski definition) is 4. The second kappa shape index (κ2) is 8.47. The van der Waals surface area contributed by atoms with Gasteiger partial charge in [-0.15, -0.1) is 0 Å². The Balaban J connectivity index is 2.53. The molecular weight excluding hydrogens is 224 g/mol. The summed E-state index contributed by atoms with van der Waals surface area (Å²) in [6.07, 6.45) is 3.45. The Labute approximate surface area is 112 Å². The minimum absolute atomic E-state index is 0.0255. The third-order valence-corrected chi connectivity index (χ3v) is 3.71. The van der Waals surface area contributed by atoms with Crippen LogP contribution in [-0.4, -0.2) is 61.7 Å². The average molecular weight is 252 g/mol. The van der Waals surface area contributed by atoms with Crippen LogP contribution in [0.4, 0.5) is 0 Å². The Morgan fingerprint density at radius 3 is 2.78 bits per heavy atom. The van der Waals surface area contributed by atoms with E-state index in [0.717, 1.165) is 39.0 Å². The van der Waals surface area contributed by atoms with Gasteiger partial charge >= 0.3 is 0 Å². The summed E-state index contributed by atoms with van der Waals surface area (Å²) in [4.78, 5) is 4.91. The molecule has 0 amide bonds. The molecule has 0 spiro atoms. The summed E-state index contributed by atoms with van der Waals surface area (Å²) < 4.78 is 0. The Morgan fingerprint density at radius 2 is 2.17 bits per heavy atom. The number of hydrogen-bond donors (Lipinski definition) is 1. The van der Waals surface area contributed by atoms with Gasteiger partial charge in [-0.3, -0.25) is 4.90 Å². The maximum absolute atomic E-state index is 9.21. The van der Waals surface area contributed by atoms with Gasteiger partial charge in [-0.25, -0.2) is 0 Å². The largest absolute Gasteiger partial charge is 0.305 e. The van der Waals surface area contributed by atoms with Gasteiger partial charge in [0.15, 0.2) is 0 Å². The van der Waals surface area contributed by atoms with Crippen LogP contribution in [0.25, 0.3) is 0 Å². The van der Waals surface area contributed by atoms with E-state index in [1.54, 1.807) is 0 Å². The molecule has 4 heteroatoms. The predicted octanol–water partition coefficient (Wildman–Crippen LogP) is 1.29. The molecule has 0 radical (unpaired) electrons. The SMILES string of the molecule is CCCNC(C#N)CN1CCCN(C)CC1CC. The minimum atomic E-state index is -0.0255. The highest BCUT2D eigenvalue weighted by atomic mass is 15.2. The molecule has 4 nitrogen and oxygen atoms in total. The van der Waals surface area contributed by atoms with Gasteiger partial charge in [0.25, 0.3) is 0 Å². The van der Waals surface area contributed by atoms with Gasteiger partial charge in [0.2, 0.25) is 0 Å². The number of rotatable bonds is 6. The zero-order valence-corrected chi connectivity index (χ0v) is 12.2. The summed E-state index contributed by atoms with van der Waals surface area (Å²) in [5.74, 6) is 0. The first-order valence-electron chi connectivity index (χ1n) is 7.26. The van der Waals surface area contributed by atoms with Crippen LogP contribution in [-0.2, 0) is 0 Å². The lowest BCUT2D eigenvalue weighted by atomic mass is 10.1. The van der Waals surface area contributed by atoms with Gasteiger partial charge in [-0.05, 0) is 45.9 Å². The molecule has 1 rings (SSSR count). The summed E-state index contributed by atoms with van der Waals surface area (Å²) in [5.41, 5.74) is 0. The highest BCUT2D eigenvalue weighted by Gasteiger charge is 2.24. The summed E-state index contributed by atoms with van der Waals surface area (Å²) in [5, 5.41) is 12.5. The molecule has 2 atom stereocenters. The van der Waals surface area contributed by atoms with E-state index in [1.165, 1.54) is 13.0 Å². The first-order chi connectivity index (χ1) is 8.71. The molecule has 2 unspecified atom stereocenters. The third kappa shape index (κ3) is 4.93. The summed E-state index contributed by atoms with van der Waals surface area (Å²) in [6.45, 7) is 9.60. The van der Waals surface area contributed by atoms with Gasteiger partial charge in [-0.1, -0.05) is 13.8 Å². The minimum Gasteiger partial charge on any atom is -0.305 e. The molecule has 1 aliphatic heterocycles.